The molecule has 0 aliphatic heterocycles. The third kappa shape index (κ3) is 3.58. The molecule has 1 aromatic heterocycles. The maximum atomic E-state index is 12.9. The van der Waals surface area contributed by atoms with E-state index in [4.69, 9.17) is 0 Å². The second kappa shape index (κ2) is 6.06. The maximum Gasteiger partial charge on any atom is 0.211 e. The van der Waals surface area contributed by atoms with Crippen LogP contribution in [0.5, 0.6) is 0 Å². The smallest absolute Gasteiger partial charge is 0.211 e. The third-order valence-electron chi connectivity index (χ3n) is 2.53. The van der Waals surface area contributed by atoms with Crippen molar-refractivity contribution in [3.05, 3.63) is 35.9 Å². The zero-order valence-corrected chi connectivity index (χ0v) is 11.6. The summed E-state index contributed by atoms with van der Waals surface area (Å²) in [5.41, 5.74) is 0.557. The molecular formula is C11H14FN5O2S. The van der Waals surface area contributed by atoms with Gasteiger partial charge in [0, 0.05) is 0 Å². The van der Waals surface area contributed by atoms with Gasteiger partial charge in [-0.05, 0) is 41.1 Å². The molecule has 0 bridgehead atoms. The lowest BCUT2D eigenvalue weighted by atomic mass is 10.3. The van der Waals surface area contributed by atoms with Crippen LogP contribution < -0.4 is 4.72 Å². The molecule has 0 aliphatic rings. The highest BCUT2D eigenvalue weighted by molar-refractivity contribution is 7.89. The Bertz CT molecular complexity index is 668. The lowest BCUT2D eigenvalue weighted by Gasteiger charge is -2.06. The fourth-order valence-corrected chi connectivity index (χ4v) is 2.65. The van der Waals surface area contributed by atoms with Gasteiger partial charge in [0.05, 0.1) is 18.0 Å². The van der Waals surface area contributed by atoms with Gasteiger partial charge in [-0.1, -0.05) is 6.92 Å². The topological polar surface area (TPSA) is 89.8 Å². The second-order valence-electron chi connectivity index (χ2n) is 4.12. The predicted octanol–water partition coefficient (Wildman–Crippen LogP) is 0.631. The number of nitrogens with zero attached hydrogens (tertiary/aromatic N) is 4. The Labute approximate surface area is 115 Å². The molecular weight excluding hydrogens is 285 g/mol. The number of benzene rings is 1. The molecule has 1 N–H and O–H groups in total. The zero-order chi connectivity index (χ0) is 14.6. The molecule has 0 aliphatic carbocycles. The molecule has 20 heavy (non-hydrogen) atoms. The van der Waals surface area contributed by atoms with E-state index >= 15 is 0 Å². The van der Waals surface area contributed by atoms with Crippen molar-refractivity contribution in [1.82, 2.24) is 24.9 Å². The van der Waals surface area contributed by atoms with Crippen LogP contribution in [0, 0.1) is 5.82 Å². The number of nitrogens with one attached hydrogen (secondary N) is 1. The quantitative estimate of drug-likeness (QED) is 0.845. The van der Waals surface area contributed by atoms with Crippen LogP contribution in [0.4, 0.5) is 4.39 Å². The average Bonchev–Trinajstić information content (AvgIpc) is 2.86. The first kappa shape index (κ1) is 14.5. The first-order valence-corrected chi connectivity index (χ1v) is 7.67. The van der Waals surface area contributed by atoms with Gasteiger partial charge in [0.15, 0.2) is 5.82 Å². The first-order chi connectivity index (χ1) is 9.52. The van der Waals surface area contributed by atoms with Crippen molar-refractivity contribution >= 4 is 10.0 Å². The van der Waals surface area contributed by atoms with E-state index in [-0.39, 0.29) is 18.1 Å². The van der Waals surface area contributed by atoms with Crippen LogP contribution in [0.1, 0.15) is 19.2 Å². The van der Waals surface area contributed by atoms with Gasteiger partial charge in [0.25, 0.3) is 0 Å². The Morgan fingerprint density at radius 1 is 1.30 bits per heavy atom. The Balaban J connectivity index is 2.15. The van der Waals surface area contributed by atoms with E-state index in [0.29, 0.717) is 17.9 Å². The molecule has 0 unspecified atom stereocenters. The molecule has 108 valence electrons. The number of rotatable bonds is 6. The van der Waals surface area contributed by atoms with Crippen LogP contribution in [-0.2, 0) is 16.6 Å². The average molecular weight is 299 g/mol. The number of sulfonamides is 1. The van der Waals surface area contributed by atoms with Crippen LogP contribution in [0.2, 0.25) is 0 Å². The molecule has 0 atom stereocenters. The molecule has 0 saturated heterocycles. The molecule has 1 heterocycles. The third-order valence-corrected chi connectivity index (χ3v) is 4.06. The van der Waals surface area contributed by atoms with Gasteiger partial charge >= 0.3 is 0 Å². The van der Waals surface area contributed by atoms with E-state index in [1.54, 1.807) is 6.92 Å². The van der Waals surface area contributed by atoms with E-state index in [1.807, 2.05) is 0 Å². The summed E-state index contributed by atoms with van der Waals surface area (Å²) >= 11 is 0. The zero-order valence-electron chi connectivity index (χ0n) is 10.8. The highest BCUT2D eigenvalue weighted by Crippen LogP contribution is 2.09. The van der Waals surface area contributed by atoms with Crippen LogP contribution in [0.25, 0.3) is 5.69 Å². The van der Waals surface area contributed by atoms with Gasteiger partial charge in [0.1, 0.15) is 5.82 Å². The Morgan fingerprint density at radius 3 is 2.65 bits per heavy atom. The largest absolute Gasteiger partial charge is 0.212 e. The molecule has 0 fully saturated rings. The number of tetrazole rings is 1. The molecule has 1 aromatic carbocycles. The van der Waals surface area contributed by atoms with Crippen LogP contribution in [0.3, 0.4) is 0 Å². The van der Waals surface area contributed by atoms with Crippen molar-refractivity contribution in [1.29, 1.82) is 0 Å². The highest BCUT2D eigenvalue weighted by Gasteiger charge is 2.13. The molecule has 0 saturated carbocycles. The summed E-state index contributed by atoms with van der Waals surface area (Å²) in [6.45, 7) is 1.76. The molecule has 0 amide bonds. The van der Waals surface area contributed by atoms with Gasteiger partial charge in [-0.25, -0.2) is 17.5 Å². The number of hydrogen-bond acceptors (Lipinski definition) is 5. The van der Waals surface area contributed by atoms with E-state index in [0.717, 1.165) is 0 Å². The summed E-state index contributed by atoms with van der Waals surface area (Å²) < 4.78 is 39.8. The number of hydrogen-bond donors (Lipinski definition) is 1. The van der Waals surface area contributed by atoms with Crippen LogP contribution >= 0.6 is 0 Å². The molecule has 0 radical (unpaired) electrons. The maximum absolute atomic E-state index is 12.9. The Morgan fingerprint density at radius 2 is 2.00 bits per heavy atom. The van der Waals surface area contributed by atoms with Crippen molar-refractivity contribution < 1.29 is 12.8 Å². The molecule has 9 heteroatoms. The minimum absolute atomic E-state index is 0.0211. The summed E-state index contributed by atoms with van der Waals surface area (Å²) in [4.78, 5) is 0. The lowest BCUT2D eigenvalue weighted by molar-refractivity contribution is 0.576. The van der Waals surface area contributed by atoms with E-state index in [1.165, 1.54) is 28.9 Å². The minimum Gasteiger partial charge on any atom is -0.212 e. The van der Waals surface area contributed by atoms with Gasteiger partial charge in [-0.3, -0.25) is 0 Å². The summed E-state index contributed by atoms with van der Waals surface area (Å²) in [6.07, 6.45) is 0.526. The first-order valence-electron chi connectivity index (χ1n) is 6.02. The summed E-state index contributed by atoms with van der Waals surface area (Å²) in [7, 11) is -3.33. The molecule has 7 nitrogen and oxygen atoms in total. The van der Waals surface area contributed by atoms with Gasteiger partial charge in [-0.2, -0.15) is 4.68 Å². The number of halogens is 1. The van der Waals surface area contributed by atoms with Crippen molar-refractivity contribution in [2.75, 3.05) is 5.75 Å². The minimum atomic E-state index is -3.33. The van der Waals surface area contributed by atoms with Gasteiger partial charge in [0.2, 0.25) is 10.0 Å². The van der Waals surface area contributed by atoms with Gasteiger partial charge < -0.3 is 0 Å². The standard InChI is InChI=1S/C11H14FN5O2S/c1-2-7-20(18,19)13-8-11-14-15-16-17(11)10-5-3-9(12)4-6-10/h3-6,13H,2,7-8H2,1H3. The lowest BCUT2D eigenvalue weighted by Crippen LogP contribution is -2.27. The second-order valence-corrected chi connectivity index (χ2v) is 6.05. The van der Waals surface area contributed by atoms with E-state index in [2.05, 4.69) is 20.2 Å². The van der Waals surface area contributed by atoms with E-state index in [9.17, 15) is 12.8 Å². The normalized spacial score (nSPS) is 11.7. The van der Waals surface area contributed by atoms with Crippen LogP contribution in [0.15, 0.2) is 24.3 Å². The molecule has 2 aromatic rings. The summed E-state index contributed by atoms with van der Waals surface area (Å²) in [6, 6.07) is 5.58. The predicted molar refractivity (Wildman–Crippen MR) is 70.0 cm³/mol. The Kier molecular flexibility index (Phi) is 4.40. The Hall–Kier alpha value is -1.87. The monoisotopic (exact) mass is 299 g/mol. The molecule has 2 rings (SSSR count). The van der Waals surface area contributed by atoms with Crippen molar-refractivity contribution in [2.45, 2.75) is 19.9 Å². The number of aromatic nitrogens is 4. The van der Waals surface area contributed by atoms with Gasteiger partial charge in [-0.15, -0.1) is 5.10 Å². The van der Waals surface area contributed by atoms with Crippen molar-refractivity contribution in [3.63, 3.8) is 0 Å². The fraction of sp³-hybridized carbons (Fsp3) is 0.364. The molecule has 0 spiro atoms. The van der Waals surface area contributed by atoms with E-state index < -0.39 is 10.0 Å². The fourth-order valence-electron chi connectivity index (χ4n) is 1.61. The van der Waals surface area contributed by atoms with Crippen molar-refractivity contribution in [3.8, 4) is 5.69 Å². The van der Waals surface area contributed by atoms with Crippen molar-refractivity contribution in [2.24, 2.45) is 0 Å². The summed E-state index contributed by atoms with van der Waals surface area (Å²) in [5, 5.41) is 11.0. The van der Waals surface area contributed by atoms with Crippen LogP contribution in [-0.4, -0.2) is 34.4 Å². The highest BCUT2D eigenvalue weighted by atomic mass is 32.2. The summed E-state index contributed by atoms with van der Waals surface area (Å²) in [5.74, 6) is 0.00814. The SMILES string of the molecule is CCCS(=O)(=O)NCc1nnnn1-c1ccc(F)cc1.